The molecule has 0 amide bonds. The lowest BCUT2D eigenvalue weighted by atomic mass is 10.0. The summed E-state index contributed by atoms with van der Waals surface area (Å²) in [5, 5.41) is 0. The molecule has 460 valence electrons. The smallest absolute Gasteiger partial charge is 0.306 e. The Morgan fingerprint density at radius 1 is 0.253 bits per heavy atom. The first kappa shape index (κ1) is 76.1. The van der Waals surface area contributed by atoms with Crippen molar-refractivity contribution in [1.29, 1.82) is 0 Å². The van der Waals surface area contributed by atoms with E-state index in [2.05, 4.69) is 81.5 Å². The fourth-order valence-electron chi connectivity index (χ4n) is 10.2. The number of rotatable bonds is 64. The second-order valence-electron chi connectivity index (χ2n) is 23.4. The molecule has 0 spiro atoms. The van der Waals surface area contributed by atoms with E-state index in [0.29, 0.717) is 19.3 Å². The number of allylic oxidation sites excluding steroid dienone is 10. The normalized spacial score (nSPS) is 12.4. The average Bonchev–Trinajstić information content (AvgIpc) is 3.45. The Hall–Kier alpha value is -2.89. The molecule has 0 aromatic rings. The average molecular weight is 1110 g/mol. The van der Waals surface area contributed by atoms with Crippen LogP contribution in [0.2, 0.25) is 0 Å². The van der Waals surface area contributed by atoms with E-state index >= 15 is 0 Å². The van der Waals surface area contributed by atoms with Crippen molar-refractivity contribution in [1.82, 2.24) is 0 Å². The molecule has 79 heavy (non-hydrogen) atoms. The summed E-state index contributed by atoms with van der Waals surface area (Å²) in [6, 6.07) is 0. The zero-order valence-electron chi connectivity index (χ0n) is 52.9. The van der Waals surface area contributed by atoms with E-state index in [0.717, 1.165) is 83.5 Å². The summed E-state index contributed by atoms with van der Waals surface area (Å²) in [5.41, 5.74) is 0. The molecule has 0 saturated carbocycles. The van der Waals surface area contributed by atoms with E-state index in [-0.39, 0.29) is 31.1 Å². The fraction of sp³-hybridized carbons (Fsp3) is 0.822. The lowest BCUT2D eigenvalue weighted by Crippen LogP contribution is -2.30. The largest absolute Gasteiger partial charge is 0.462 e. The molecule has 0 aromatic carbocycles. The van der Waals surface area contributed by atoms with E-state index in [1.807, 2.05) is 0 Å². The van der Waals surface area contributed by atoms with Gasteiger partial charge in [0.15, 0.2) is 6.10 Å². The Kier molecular flexibility index (Phi) is 65.1. The van der Waals surface area contributed by atoms with Crippen molar-refractivity contribution in [2.24, 2.45) is 0 Å². The minimum atomic E-state index is -0.783. The molecule has 1 atom stereocenters. The zero-order valence-corrected chi connectivity index (χ0v) is 52.9. The summed E-state index contributed by atoms with van der Waals surface area (Å²) >= 11 is 0. The standard InChI is InChI=1S/C73H132O6/c1-4-7-10-13-16-19-22-25-28-30-32-33-34-35-36-37-38-39-41-42-45-48-51-54-57-60-63-66-72(75)78-69-70(68-77-71(74)65-62-59-56-53-50-47-44-27-24-21-18-15-12-9-6-3)79-73(76)67-64-61-58-55-52-49-46-43-40-31-29-26-23-20-17-14-11-8-5-2/h17-18,20-21,26-27,29-30,32,44,70H,4-16,19,22-25,28,31,33-43,45-69H2,1-3H3/b20-17-,21-18-,29-26-,32-30-,44-27-. The molecular formula is C73H132O6. The Bertz CT molecular complexity index is 1410. The maximum atomic E-state index is 12.9. The van der Waals surface area contributed by atoms with Crippen LogP contribution in [0.15, 0.2) is 60.8 Å². The SMILES string of the molecule is CCCCC/C=C\C/C=C\CCCCCCCCCCCC(=O)OC(COC(=O)CCCCCCC/C=C\C/C=C\CCCCC)COC(=O)CCCCCCCCCCCCCCCCC/C=C\CCCCCCCCCC. The molecule has 0 aliphatic carbocycles. The summed E-state index contributed by atoms with van der Waals surface area (Å²) in [6.07, 6.45) is 86.7. The van der Waals surface area contributed by atoms with Crippen LogP contribution in [0.3, 0.4) is 0 Å². The predicted molar refractivity (Wildman–Crippen MR) is 344 cm³/mol. The minimum Gasteiger partial charge on any atom is -0.462 e. The van der Waals surface area contributed by atoms with E-state index in [1.54, 1.807) is 0 Å². The van der Waals surface area contributed by atoms with Gasteiger partial charge >= 0.3 is 17.9 Å². The van der Waals surface area contributed by atoms with Crippen molar-refractivity contribution < 1.29 is 28.6 Å². The van der Waals surface area contributed by atoms with Crippen molar-refractivity contribution >= 4 is 17.9 Å². The molecule has 0 radical (unpaired) electrons. The van der Waals surface area contributed by atoms with Crippen molar-refractivity contribution in [3.05, 3.63) is 60.8 Å². The van der Waals surface area contributed by atoms with E-state index in [9.17, 15) is 14.4 Å². The van der Waals surface area contributed by atoms with Gasteiger partial charge in [-0.05, 0) is 109 Å². The maximum absolute atomic E-state index is 12.9. The first-order valence-corrected chi connectivity index (χ1v) is 34.8. The van der Waals surface area contributed by atoms with Gasteiger partial charge in [0.05, 0.1) is 0 Å². The number of esters is 3. The third-order valence-electron chi connectivity index (χ3n) is 15.5. The predicted octanol–water partition coefficient (Wildman–Crippen LogP) is 23.9. The van der Waals surface area contributed by atoms with Crippen molar-refractivity contribution in [2.45, 2.75) is 374 Å². The summed E-state index contributed by atoms with van der Waals surface area (Å²) in [5.74, 6) is -0.875. The topological polar surface area (TPSA) is 78.9 Å². The van der Waals surface area contributed by atoms with E-state index in [1.165, 1.54) is 244 Å². The summed E-state index contributed by atoms with van der Waals surface area (Å²) in [4.78, 5) is 38.4. The van der Waals surface area contributed by atoms with Gasteiger partial charge in [-0.25, -0.2) is 0 Å². The number of ether oxygens (including phenoxy) is 3. The maximum Gasteiger partial charge on any atom is 0.306 e. The highest BCUT2D eigenvalue weighted by molar-refractivity contribution is 5.71. The van der Waals surface area contributed by atoms with Crippen LogP contribution in [0.1, 0.15) is 367 Å². The molecule has 0 fully saturated rings. The molecule has 0 saturated heterocycles. The molecule has 1 unspecified atom stereocenters. The van der Waals surface area contributed by atoms with Gasteiger partial charge in [0.2, 0.25) is 0 Å². The minimum absolute atomic E-state index is 0.0777. The van der Waals surface area contributed by atoms with Crippen LogP contribution < -0.4 is 0 Å². The Labute approximate surface area is 491 Å². The Balaban J connectivity index is 4.27. The zero-order chi connectivity index (χ0) is 57.1. The van der Waals surface area contributed by atoms with E-state index < -0.39 is 6.10 Å². The van der Waals surface area contributed by atoms with Crippen LogP contribution in [-0.2, 0) is 28.6 Å². The van der Waals surface area contributed by atoms with Crippen LogP contribution in [0, 0.1) is 0 Å². The monoisotopic (exact) mass is 1110 g/mol. The fourth-order valence-corrected chi connectivity index (χ4v) is 10.2. The number of hydrogen-bond donors (Lipinski definition) is 0. The second kappa shape index (κ2) is 67.6. The number of hydrogen-bond acceptors (Lipinski definition) is 6. The number of unbranched alkanes of at least 4 members (excludes halogenated alkanes) is 43. The van der Waals surface area contributed by atoms with Crippen LogP contribution in [0.5, 0.6) is 0 Å². The van der Waals surface area contributed by atoms with Gasteiger partial charge in [0.1, 0.15) is 13.2 Å². The van der Waals surface area contributed by atoms with Crippen molar-refractivity contribution in [3.63, 3.8) is 0 Å². The Morgan fingerprint density at radius 3 is 0.734 bits per heavy atom. The first-order valence-electron chi connectivity index (χ1n) is 34.8. The summed E-state index contributed by atoms with van der Waals surface area (Å²) < 4.78 is 17.0. The summed E-state index contributed by atoms with van der Waals surface area (Å²) in [7, 11) is 0. The molecule has 6 heteroatoms. The summed E-state index contributed by atoms with van der Waals surface area (Å²) in [6.45, 7) is 6.63. The van der Waals surface area contributed by atoms with Crippen LogP contribution >= 0.6 is 0 Å². The molecule has 0 aliphatic rings. The Morgan fingerprint density at radius 2 is 0.456 bits per heavy atom. The molecule has 0 heterocycles. The van der Waals surface area contributed by atoms with Gasteiger partial charge in [-0.1, -0.05) is 300 Å². The molecule has 6 nitrogen and oxygen atoms in total. The highest BCUT2D eigenvalue weighted by Gasteiger charge is 2.19. The highest BCUT2D eigenvalue weighted by Crippen LogP contribution is 2.17. The van der Waals surface area contributed by atoms with Crippen LogP contribution in [0.4, 0.5) is 0 Å². The van der Waals surface area contributed by atoms with Crippen molar-refractivity contribution in [3.8, 4) is 0 Å². The van der Waals surface area contributed by atoms with Crippen molar-refractivity contribution in [2.75, 3.05) is 13.2 Å². The van der Waals surface area contributed by atoms with Gasteiger partial charge in [-0.15, -0.1) is 0 Å². The van der Waals surface area contributed by atoms with Gasteiger partial charge in [0.25, 0.3) is 0 Å². The third-order valence-corrected chi connectivity index (χ3v) is 15.5. The van der Waals surface area contributed by atoms with Gasteiger partial charge in [-0.3, -0.25) is 14.4 Å². The quantitative estimate of drug-likeness (QED) is 0.0261. The highest BCUT2D eigenvalue weighted by atomic mass is 16.6. The lowest BCUT2D eigenvalue weighted by molar-refractivity contribution is -0.167. The lowest BCUT2D eigenvalue weighted by Gasteiger charge is -2.18. The molecule has 0 bridgehead atoms. The number of carbonyl (C=O) groups is 3. The third kappa shape index (κ3) is 65.8. The van der Waals surface area contributed by atoms with E-state index in [4.69, 9.17) is 14.2 Å². The molecular weight excluding hydrogens is 973 g/mol. The second-order valence-corrected chi connectivity index (χ2v) is 23.4. The molecule has 0 rings (SSSR count). The van der Waals surface area contributed by atoms with Crippen LogP contribution in [-0.4, -0.2) is 37.2 Å². The molecule has 0 aromatic heterocycles. The van der Waals surface area contributed by atoms with Crippen LogP contribution in [0.25, 0.3) is 0 Å². The van der Waals surface area contributed by atoms with Gasteiger partial charge in [-0.2, -0.15) is 0 Å². The van der Waals surface area contributed by atoms with Gasteiger partial charge < -0.3 is 14.2 Å². The van der Waals surface area contributed by atoms with Gasteiger partial charge in [0, 0.05) is 19.3 Å². The molecule has 0 aliphatic heterocycles. The number of carbonyl (C=O) groups excluding carboxylic acids is 3. The molecule has 0 N–H and O–H groups in total. The first-order chi connectivity index (χ1) is 39.0.